The smallest absolute Gasteiger partial charge is 0.415 e. The van der Waals surface area contributed by atoms with Crippen LogP contribution in [-0.2, 0) is 4.74 Å². The first kappa shape index (κ1) is 19.0. The molecule has 2 aliphatic rings. The Kier molecular flexibility index (Phi) is 5.48. The summed E-state index contributed by atoms with van der Waals surface area (Å²) in [5, 5.41) is 0. The Labute approximate surface area is 168 Å². The zero-order valence-electron chi connectivity index (χ0n) is 16.1. The second kappa shape index (κ2) is 8.36. The monoisotopic (exact) mass is 395 g/mol. The maximum Gasteiger partial charge on any atom is 0.415 e. The normalized spacial score (nSPS) is 17.1. The van der Waals surface area contributed by atoms with Crippen molar-refractivity contribution in [3.8, 4) is 17.2 Å². The molecule has 0 spiro atoms. The van der Waals surface area contributed by atoms with Crippen molar-refractivity contribution in [3.63, 3.8) is 0 Å². The molecule has 0 radical (unpaired) electrons. The van der Waals surface area contributed by atoms with Crippen LogP contribution in [0.2, 0.25) is 0 Å². The summed E-state index contributed by atoms with van der Waals surface area (Å²) >= 11 is 0. The van der Waals surface area contributed by atoms with E-state index >= 15 is 0 Å². The number of ketones is 1. The van der Waals surface area contributed by atoms with Crippen LogP contribution in [0.25, 0.3) is 6.08 Å². The van der Waals surface area contributed by atoms with Gasteiger partial charge in [0.25, 0.3) is 0 Å². The van der Waals surface area contributed by atoms with E-state index in [0.29, 0.717) is 61.3 Å². The second-order valence-electron chi connectivity index (χ2n) is 6.54. The van der Waals surface area contributed by atoms with Gasteiger partial charge in [-0.2, -0.15) is 0 Å². The van der Waals surface area contributed by atoms with Crippen molar-refractivity contribution in [2.75, 3.05) is 32.9 Å². The highest BCUT2D eigenvalue weighted by molar-refractivity contribution is 6.14. The maximum atomic E-state index is 12.7. The van der Waals surface area contributed by atoms with Gasteiger partial charge in [-0.15, -0.1) is 0 Å². The van der Waals surface area contributed by atoms with E-state index in [-0.39, 0.29) is 11.5 Å². The first-order chi connectivity index (χ1) is 14.2. The lowest BCUT2D eigenvalue weighted by Crippen LogP contribution is -2.42. The van der Waals surface area contributed by atoms with Gasteiger partial charge in [-0.25, -0.2) is 4.79 Å². The number of hydrogen-bond acceptors (Lipinski definition) is 6. The molecule has 4 rings (SSSR count). The predicted octanol–water partition coefficient (Wildman–Crippen LogP) is 3.53. The largest absolute Gasteiger partial charge is 0.494 e. The SMILES string of the molecule is CCOc1ccc2c(c1)OC(=Cc1ccccc1OC(=O)N1CCOCC1)C2=O. The van der Waals surface area contributed by atoms with Gasteiger partial charge >= 0.3 is 6.09 Å². The number of allylic oxidation sites excluding steroid dienone is 1. The minimum Gasteiger partial charge on any atom is -0.494 e. The van der Waals surface area contributed by atoms with E-state index in [9.17, 15) is 9.59 Å². The molecule has 0 aromatic heterocycles. The van der Waals surface area contributed by atoms with Crippen molar-refractivity contribution in [2.24, 2.45) is 0 Å². The van der Waals surface area contributed by atoms with Gasteiger partial charge in [0.15, 0.2) is 5.76 Å². The second-order valence-corrected chi connectivity index (χ2v) is 6.54. The fourth-order valence-electron chi connectivity index (χ4n) is 3.16. The molecule has 0 unspecified atom stereocenters. The molecule has 0 atom stereocenters. The van der Waals surface area contributed by atoms with Crippen molar-refractivity contribution in [1.29, 1.82) is 0 Å². The molecule has 2 aromatic rings. The van der Waals surface area contributed by atoms with E-state index in [1.165, 1.54) is 0 Å². The molecule has 2 aliphatic heterocycles. The van der Waals surface area contributed by atoms with Crippen molar-refractivity contribution in [2.45, 2.75) is 6.92 Å². The molecule has 0 saturated carbocycles. The number of ether oxygens (including phenoxy) is 4. The zero-order valence-corrected chi connectivity index (χ0v) is 16.1. The van der Waals surface area contributed by atoms with Crippen molar-refractivity contribution >= 4 is 18.0 Å². The van der Waals surface area contributed by atoms with E-state index < -0.39 is 6.09 Å². The first-order valence-electron chi connectivity index (χ1n) is 9.50. The summed E-state index contributed by atoms with van der Waals surface area (Å²) in [7, 11) is 0. The molecule has 0 N–H and O–H groups in total. The van der Waals surface area contributed by atoms with Gasteiger partial charge in [-0.1, -0.05) is 18.2 Å². The molecule has 1 amide bonds. The van der Waals surface area contributed by atoms with Crippen molar-refractivity contribution < 1.29 is 28.5 Å². The van der Waals surface area contributed by atoms with Gasteiger partial charge in [0.1, 0.15) is 17.2 Å². The van der Waals surface area contributed by atoms with Crippen LogP contribution in [0, 0.1) is 0 Å². The van der Waals surface area contributed by atoms with E-state index in [4.69, 9.17) is 18.9 Å². The lowest BCUT2D eigenvalue weighted by atomic mass is 10.1. The summed E-state index contributed by atoms with van der Waals surface area (Å²) in [6.07, 6.45) is 1.15. The number of amides is 1. The highest BCUT2D eigenvalue weighted by Gasteiger charge is 2.28. The van der Waals surface area contributed by atoms with Crippen LogP contribution in [0.5, 0.6) is 17.2 Å². The number of hydrogen-bond donors (Lipinski definition) is 0. The number of fused-ring (bicyclic) bond motifs is 1. The van der Waals surface area contributed by atoms with Crippen LogP contribution >= 0.6 is 0 Å². The van der Waals surface area contributed by atoms with Crippen LogP contribution in [0.1, 0.15) is 22.8 Å². The van der Waals surface area contributed by atoms with E-state index in [1.807, 2.05) is 6.92 Å². The summed E-state index contributed by atoms with van der Waals surface area (Å²) < 4.78 is 22.0. The average molecular weight is 395 g/mol. The molecule has 7 heteroatoms. The Bertz CT molecular complexity index is 962. The lowest BCUT2D eigenvalue weighted by molar-refractivity contribution is 0.0415. The molecule has 2 aromatic carbocycles. The number of carbonyl (C=O) groups is 2. The number of morpholine rings is 1. The first-order valence-corrected chi connectivity index (χ1v) is 9.50. The summed E-state index contributed by atoms with van der Waals surface area (Å²) in [5.41, 5.74) is 1.05. The van der Waals surface area contributed by atoms with Crippen molar-refractivity contribution in [1.82, 2.24) is 4.90 Å². The third kappa shape index (κ3) is 4.09. The molecular formula is C22H21NO6. The van der Waals surface area contributed by atoms with Crippen LogP contribution < -0.4 is 14.2 Å². The van der Waals surface area contributed by atoms with Gasteiger partial charge in [0, 0.05) is 24.7 Å². The summed E-state index contributed by atoms with van der Waals surface area (Å²) in [6, 6.07) is 12.1. The Balaban J connectivity index is 1.55. The molecule has 1 fully saturated rings. The molecular weight excluding hydrogens is 374 g/mol. The molecule has 1 saturated heterocycles. The number of carbonyl (C=O) groups excluding carboxylic acids is 2. The maximum absolute atomic E-state index is 12.7. The van der Waals surface area contributed by atoms with Crippen LogP contribution in [-0.4, -0.2) is 49.7 Å². The standard InChI is InChI=1S/C22H21NO6/c1-2-27-16-7-8-17-19(14-16)28-20(21(17)24)13-15-5-3-4-6-18(15)29-22(25)23-9-11-26-12-10-23/h3-8,13-14H,2,9-12H2,1H3. The Morgan fingerprint density at radius 2 is 1.97 bits per heavy atom. The Morgan fingerprint density at radius 3 is 2.76 bits per heavy atom. The van der Waals surface area contributed by atoms with Gasteiger partial charge in [0.05, 0.1) is 25.4 Å². The Morgan fingerprint density at radius 1 is 1.17 bits per heavy atom. The number of rotatable bonds is 4. The number of nitrogens with zero attached hydrogens (tertiary/aromatic N) is 1. The Hall–Kier alpha value is -3.32. The van der Waals surface area contributed by atoms with E-state index in [0.717, 1.165) is 0 Å². The fraction of sp³-hybridized carbons (Fsp3) is 0.273. The summed E-state index contributed by atoms with van der Waals surface area (Å²) in [6.45, 7) is 4.37. The third-order valence-corrected chi connectivity index (χ3v) is 4.62. The average Bonchev–Trinajstić information content (AvgIpc) is 3.05. The molecule has 29 heavy (non-hydrogen) atoms. The number of Topliss-reactive ketones (excluding diaryl/α,β-unsaturated/α-hetero) is 1. The highest BCUT2D eigenvalue weighted by atomic mass is 16.6. The fourth-order valence-corrected chi connectivity index (χ4v) is 3.16. The summed E-state index contributed by atoms with van der Waals surface area (Å²) in [4.78, 5) is 26.7. The van der Waals surface area contributed by atoms with Crippen molar-refractivity contribution in [3.05, 3.63) is 59.4 Å². The quantitative estimate of drug-likeness (QED) is 0.738. The van der Waals surface area contributed by atoms with Gasteiger partial charge in [-0.3, -0.25) is 4.79 Å². The highest BCUT2D eigenvalue weighted by Crippen LogP contribution is 2.35. The molecule has 150 valence electrons. The van der Waals surface area contributed by atoms with Crippen LogP contribution in [0.15, 0.2) is 48.2 Å². The number of para-hydroxylation sites is 1. The minimum atomic E-state index is -0.442. The molecule has 0 bridgehead atoms. The molecule has 0 aliphatic carbocycles. The predicted molar refractivity (Wildman–Crippen MR) is 105 cm³/mol. The van der Waals surface area contributed by atoms with Gasteiger partial charge in [0.2, 0.25) is 5.78 Å². The molecule has 2 heterocycles. The zero-order chi connectivity index (χ0) is 20.2. The summed E-state index contributed by atoms with van der Waals surface area (Å²) in [5.74, 6) is 1.40. The van der Waals surface area contributed by atoms with E-state index in [2.05, 4.69) is 0 Å². The topological polar surface area (TPSA) is 74.3 Å². The van der Waals surface area contributed by atoms with Crippen LogP contribution in [0.4, 0.5) is 4.79 Å². The van der Waals surface area contributed by atoms with Gasteiger partial charge in [-0.05, 0) is 31.2 Å². The third-order valence-electron chi connectivity index (χ3n) is 4.62. The number of benzene rings is 2. The minimum absolute atomic E-state index is 0.170. The van der Waals surface area contributed by atoms with Gasteiger partial charge < -0.3 is 23.8 Å². The van der Waals surface area contributed by atoms with Crippen LogP contribution in [0.3, 0.4) is 0 Å². The van der Waals surface area contributed by atoms with E-state index in [1.54, 1.807) is 53.4 Å². The molecule has 7 nitrogen and oxygen atoms in total. The lowest BCUT2D eigenvalue weighted by Gasteiger charge is -2.26.